The van der Waals surface area contributed by atoms with Crippen molar-refractivity contribution in [2.45, 2.75) is 51.5 Å². The first-order valence-corrected chi connectivity index (χ1v) is 9.41. The smallest absolute Gasteiger partial charge is 0.240 e. The number of aromatic nitrogens is 2. The van der Waals surface area contributed by atoms with Gasteiger partial charge in [-0.2, -0.15) is 5.10 Å². The minimum Gasteiger partial charge on any atom is -0.272 e. The number of nitrogens with one attached hydrogen (secondary N) is 1. The van der Waals surface area contributed by atoms with Crippen molar-refractivity contribution in [1.29, 1.82) is 0 Å². The van der Waals surface area contributed by atoms with Crippen LogP contribution in [0.1, 0.15) is 42.3 Å². The standard InChI is InChI=1S/C17H25N3O2S/c1-5-6-7-15-8-10-16(11-9-15)23(21,22)18-12-17-13(2)19-20(4)14(17)3/h8-11,18H,5-7,12H2,1-4H3. The molecule has 0 spiro atoms. The Morgan fingerprint density at radius 2 is 1.83 bits per heavy atom. The van der Waals surface area contributed by atoms with E-state index in [4.69, 9.17) is 0 Å². The van der Waals surface area contributed by atoms with Gasteiger partial charge in [-0.1, -0.05) is 25.5 Å². The Morgan fingerprint density at radius 1 is 1.17 bits per heavy atom. The maximum atomic E-state index is 12.4. The Kier molecular flexibility index (Phi) is 5.59. The van der Waals surface area contributed by atoms with Crippen LogP contribution in [0.4, 0.5) is 0 Å². The second-order valence-electron chi connectivity index (χ2n) is 5.85. The van der Waals surface area contributed by atoms with Gasteiger partial charge in [-0.05, 0) is 44.4 Å². The average Bonchev–Trinajstić information content (AvgIpc) is 2.76. The summed E-state index contributed by atoms with van der Waals surface area (Å²) >= 11 is 0. The molecule has 0 bridgehead atoms. The molecule has 0 saturated carbocycles. The molecular weight excluding hydrogens is 310 g/mol. The molecule has 0 atom stereocenters. The molecule has 2 aromatic rings. The van der Waals surface area contributed by atoms with Crippen LogP contribution < -0.4 is 4.72 Å². The van der Waals surface area contributed by atoms with E-state index in [1.54, 1.807) is 16.8 Å². The van der Waals surface area contributed by atoms with Crippen molar-refractivity contribution in [2.75, 3.05) is 0 Å². The number of aryl methyl sites for hydroxylation is 3. The summed E-state index contributed by atoms with van der Waals surface area (Å²) in [5.74, 6) is 0. The summed E-state index contributed by atoms with van der Waals surface area (Å²) in [6.07, 6.45) is 3.23. The molecular formula is C17H25N3O2S. The summed E-state index contributed by atoms with van der Waals surface area (Å²) in [6.45, 7) is 6.22. The van der Waals surface area contributed by atoms with E-state index in [0.29, 0.717) is 4.90 Å². The predicted octanol–water partition coefficient (Wildman–Crippen LogP) is 2.86. The Balaban J connectivity index is 2.09. The van der Waals surface area contributed by atoms with Crippen LogP contribution in [0.3, 0.4) is 0 Å². The molecule has 1 aromatic carbocycles. The lowest BCUT2D eigenvalue weighted by atomic mass is 10.1. The fourth-order valence-electron chi connectivity index (χ4n) is 2.54. The van der Waals surface area contributed by atoms with E-state index in [-0.39, 0.29) is 6.54 Å². The van der Waals surface area contributed by atoms with Crippen LogP contribution in [0.5, 0.6) is 0 Å². The maximum absolute atomic E-state index is 12.4. The van der Waals surface area contributed by atoms with Gasteiger partial charge in [0.1, 0.15) is 0 Å². The highest BCUT2D eigenvalue weighted by Crippen LogP contribution is 2.15. The van der Waals surface area contributed by atoms with Gasteiger partial charge in [-0.15, -0.1) is 0 Å². The van der Waals surface area contributed by atoms with Crippen molar-refractivity contribution < 1.29 is 8.42 Å². The highest BCUT2D eigenvalue weighted by atomic mass is 32.2. The van der Waals surface area contributed by atoms with E-state index in [9.17, 15) is 8.42 Å². The largest absolute Gasteiger partial charge is 0.272 e. The zero-order valence-electron chi connectivity index (χ0n) is 14.3. The molecule has 0 aliphatic carbocycles. The van der Waals surface area contributed by atoms with Crippen molar-refractivity contribution in [3.63, 3.8) is 0 Å². The van der Waals surface area contributed by atoms with Crippen LogP contribution in [-0.2, 0) is 30.0 Å². The molecule has 0 radical (unpaired) electrons. The third kappa shape index (κ3) is 4.20. The van der Waals surface area contributed by atoms with Crippen molar-refractivity contribution in [3.8, 4) is 0 Å². The first-order chi connectivity index (χ1) is 10.8. The van der Waals surface area contributed by atoms with Crippen LogP contribution >= 0.6 is 0 Å². The Hall–Kier alpha value is -1.66. The lowest BCUT2D eigenvalue weighted by Gasteiger charge is -2.08. The van der Waals surface area contributed by atoms with Gasteiger partial charge in [-0.3, -0.25) is 4.68 Å². The molecule has 6 heteroatoms. The number of sulfonamides is 1. The number of unbranched alkanes of at least 4 members (excludes halogenated alkanes) is 1. The molecule has 0 amide bonds. The lowest BCUT2D eigenvalue weighted by molar-refractivity contribution is 0.581. The van der Waals surface area contributed by atoms with Gasteiger partial charge in [0.15, 0.2) is 0 Å². The predicted molar refractivity (Wildman–Crippen MR) is 91.8 cm³/mol. The van der Waals surface area contributed by atoms with E-state index in [1.165, 1.54) is 5.56 Å². The average molecular weight is 335 g/mol. The molecule has 2 rings (SSSR count). The second kappa shape index (κ2) is 7.27. The van der Waals surface area contributed by atoms with Crippen molar-refractivity contribution >= 4 is 10.0 Å². The Morgan fingerprint density at radius 3 is 2.35 bits per heavy atom. The van der Waals surface area contributed by atoms with E-state index in [0.717, 1.165) is 36.2 Å². The summed E-state index contributed by atoms with van der Waals surface area (Å²) in [7, 11) is -1.65. The minimum absolute atomic E-state index is 0.255. The Labute approximate surface area is 138 Å². The third-order valence-corrected chi connectivity index (χ3v) is 5.57. The van der Waals surface area contributed by atoms with Gasteiger partial charge in [0.25, 0.3) is 0 Å². The highest BCUT2D eigenvalue weighted by molar-refractivity contribution is 7.89. The molecule has 0 saturated heterocycles. The molecule has 1 aromatic heterocycles. The van der Waals surface area contributed by atoms with Gasteiger partial charge < -0.3 is 0 Å². The lowest BCUT2D eigenvalue weighted by Crippen LogP contribution is -2.23. The highest BCUT2D eigenvalue weighted by Gasteiger charge is 2.16. The fourth-order valence-corrected chi connectivity index (χ4v) is 3.54. The van der Waals surface area contributed by atoms with Crippen molar-refractivity contribution in [1.82, 2.24) is 14.5 Å². The van der Waals surface area contributed by atoms with Gasteiger partial charge >= 0.3 is 0 Å². The quantitative estimate of drug-likeness (QED) is 0.846. The number of nitrogens with zero attached hydrogens (tertiary/aromatic N) is 2. The summed E-state index contributed by atoms with van der Waals surface area (Å²) in [6, 6.07) is 7.14. The number of rotatable bonds is 7. The summed E-state index contributed by atoms with van der Waals surface area (Å²) in [4.78, 5) is 0.303. The maximum Gasteiger partial charge on any atom is 0.240 e. The number of hydrogen-bond acceptors (Lipinski definition) is 3. The van der Waals surface area contributed by atoms with E-state index in [2.05, 4.69) is 16.7 Å². The van der Waals surface area contributed by atoms with Crippen LogP contribution in [0.2, 0.25) is 0 Å². The third-order valence-electron chi connectivity index (χ3n) is 4.15. The van der Waals surface area contributed by atoms with Gasteiger partial charge in [-0.25, -0.2) is 13.1 Å². The minimum atomic E-state index is -3.51. The normalized spacial score (nSPS) is 11.8. The van der Waals surface area contributed by atoms with Gasteiger partial charge in [0, 0.05) is 24.8 Å². The van der Waals surface area contributed by atoms with E-state index < -0.39 is 10.0 Å². The van der Waals surface area contributed by atoms with Gasteiger partial charge in [0.05, 0.1) is 10.6 Å². The zero-order valence-corrected chi connectivity index (χ0v) is 15.1. The monoisotopic (exact) mass is 335 g/mol. The fraction of sp³-hybridized carbons (Fsp3) is 0.471. The van der Waals surface area contributed by atoms with Crippen molar-refractivity contribution in [2.24, 2.45) is 7.05 Å². The molecule has 23 heavy (non-hydrogen) atoms. The SMILES string of the molecule is CCCCc1ccc(S(=O)(=O)NCc2c(C)nn(C)c2C)cc1. The molecule has 0 aliphatic heterocycles. The van der Waals surface area contributed by atoms with Crippen LogP contribution in [0.15, 0.2) is 29.2 Å². The van der Waals surface area contributed by atoms with E-state index >= 15 is 0 Å². The van der Waals surface area contributed by atoms with Gasteiger partial charge in [0.2, 0.25) is 10.0 Å². The molecule has 126 valence electrons. The Bertz CT molecular complexity index is 762. The van der Waals surface area contributed by atoms with Crippen LogP contribution in [0.25, 0.3) is 0 Å². The first kappa shape index (κ1) is 17.7. The molecule has 5 nitrogen and oxygen atoms in total. The summed E-state index contributed by atoms with van der Waals surface area (Å²) in [5, 5.41) is 4.31. The molecule has 0 unspecified atom stereocenters. The van der Waals surface area contributed by atoms with Crippen LogP contribution in [-0.4, -0.2) is 18.2 Å². The molecule has 1 heterocycles. The molecule has 0 fully saturated rings. The first-order valence-electron chi connectivity index (χ1n) is 7.93. The van der Waals surface area contributed by atoms with Crippen molar-refractivity contribution in [3.05, 3.63) is 46.8 Å². The number of benzene rings is 1. The van der Waals surface area contributed by atoms with Crippen LogP contribution in [0, 0.1) is 13.8 Å². The number of hydrogen-bond donors (Lipinski definition) is 1. The molecule has 0 aliphatic rings. The summed E-state index contributed by atoms with van der Waals surface area (Å²) < 4.78 is 29.3. The summed E-state index contributed by atoms with van der Waals surface area (Å²) in [5.41, 5.74) is 3.92. The topological polar surface area (TPSA) is 64.0 Å². The molecule has 1 N–H and O–H groups in total. The zero-order chi connectivity index (χ0) is 17.0. The van der Waals surface area contributed by atoms with E-state index in [1.807, 2.05) is 33.0 Å². The second-order valence-corrected chi connectivity index (χ2v) is 7.61.